The van der Waals surface area contributed by atoms with E-state index in [4.69, 9.17) is 22.5 Å². The molecule has 0 heterocycles. The molecular formula is C7H8ClN3O3S. The molecule has 0 bridgehead atoms. The van der Waals surface area contributed by atoms with Crippen molar-refractivity contribution in [3.8, 4) is 0 Å². The molecule has 0 aliphatic rings. The van der Waals surface area contributed by atoms with Crippen LogP contribution in [0.25, 0.3) is 0 Å². The fraction of sp³-hybridized carbons (Fsp3) is 0. The van der Waals surface area contributed by atoms with Crippen LogP contribution in [0.4, 0.5) is 5.69 Å². The van der Waals surface area contributed by atoms with E-state index in [0.717, 1.165) is 0 Å². The highest BCUT2D eigenvalue weighted by Crippen LogP contribution is 2.23. The fourth-order valence-electron chi connectivity index (χ4n) is 0.910. The van der Waals surface area contributed by atoms with Gasteiger partial charge in [0.1, 0.15) is 0 Å². The molecule has 8 heteroatoms. The molecule has 6 nitrogen and oxygen atoms in total. The van der Waals surface area contributed by atoms with Crippen LogP contribution in [0.2, 0.25) is 5.02 Å². The molecule has 1 aromatic rings. The first-order valence-electron chi connectivity index (χ1n) is 3.69. The first kappa shape index (κ1) is 11.8. The first-order valence-corrected chi connectivity index (χ1v) is 5.62. The highest BCUT2D eigenvalue weighted by molar-refractivity contribution is 7.90. The van der Waals surface area contributed by atoms with Gasteiger partial charge in [-0.1, -0.05) is 11.6 Å². The molecule has 0 spiro atoms. The van der Waals surface area contributed by atoms with Crippen molar-refractivity contribution in [1.29, 1.82) is 0 Å². The molecule has 1 rings (SSSR count). The Kier molecular flexibility index (Phi) is 3.18. The smallest absolute Gasteiger partial charge is 0.296 e. The number of carbonyl (C=O) groups excluding carboxylic acids is 1. The van der Waals surface area contributed by atoms with E-state index in [9.17, 15) is 13.2 Å². The van der Waals surface area contributed by atoms with Crippen LogP contribution in [0.1, 0.15) is 10.4 Å². The summed E-state index contributed by atoms with van der Waals surface area (Å²) in [6.07, 6.45) is 0. The lowest BCUT2D eigenvalue weighted by Gasteiger charge is -2.06. The molecule has 15 heavy (non-hydrogen) atoms. The molecule has 0 saturated carbocycles. The van der Waals surface area contributed by atoms with Crippen molar-refractivity contribution in [2.45, 2.75) is 0 Å². The molecule has 0 aliphatic carbocycles. The normalized spacial score (nSPS) is 11.1. The van der Waals surface area contributed by atoms with Gasteiger partial charge in [-0.05, 0) is 18.2 Å². The van der Waals surface area contributed by atoms with Gasteiger partial charge in [0.15, 0.2) is 0 Å². The zero-order chi connectivity index (χ0) is 11.6. The Hall–Kier alpha value is -1.31. The van der Waals surface area contributed by atoms with Gasteiger partial charge in [0, 0.05) is 5.56 Å². The predicted octanol–water partition coefficient (Wildman–Crippen LogP) is 0.0543. The van der Waals surface area contributed by atoms with E-state index in [1.807, 2.05) is 4.72 Å². The monoisotopic (exact) mass is 249 g/mol. The van der Waals surface area contributed by atoms with Crippen LogP contribution >= 0.6 is 11.6 Å². The minimum absolute atomic E-state index is 0.00969. The van der Waals surface area contributed by atoms with E-state index >= 15 is 0 Å². The second-order valence-electron chi connectivity index (χ2n) is 2.71. The molecule has 82 valence electrons. The number of carbonyl (C=O) groups is 1. The van der Waals surface area contributed by atoms with E-state index in [-0.39, 0.29) is 16.3 Å². The number of rotatable bonds is 3. The second kappa shape index (κ2) is 4.05. The summed E-state index contributed by atoms with van der Waals surface area (Å²) in [4.78, 5) is 10.8. The first-order chi connectivity index (χ1) is 6.79. The summed E-state index contributed by atoms with van der Waals surface area (Å²) >= 11 is 5.67. The Bertz CT molecular complexity index is 500. The van der Waals surface area contributed by atoms with Gasteiger partial charge in [-0.15, -0.1) is 0 Å². The van der Waals surface area contributed by atoms with Gasteiger partial charge in [-0.25, -0.2) is 5.14 Å². The average molecular weight is 250 g/mol. The molecule has 0 radical (unpaired) electrons. The predicted molar refractivity (Wildman–Crippen MR) is 56.7 cm³/mol. The Balaban J connectivity index is 3.17. The van der Waals surface area contributed by atoms with Gasteiger partial charge in [-0.3, -0.25) is 9.52 Å². The SMILES string of the molecule is NC(=O)c1ccc(Cl)c(NS(N)(=O)=O)c1. The molecule has 0 atom stereocenters. The third-order valence-electron chi connectivity index (χ3n) is 1.50. The summed E-state index contributed by atoms with van der Waals surface area (Å²) in [5.74, 6) is -0.691. The Morgan fingerprint density at radius 1 is 1.40 bits per heavy atom. The van der Waals surface area contributed by atoms with Crippen LogP contribution in [0.15, 0.2) is 18.2 Å². The van der Waals surface area contributed by atoms with E-state index in [1.165, 1.54) is 18.2 Å². The molecule has 0 fully saturated rings. The summed E-state index contributed by atoms with van der Waals surface area (Å²) in [6.45, 7) is 0. The van der Waals surface area contributed by atoms with Crippen LogP contribution in [-0.2, 0) is 10.2 Å². The third-order valence-corrected chi connectivity index (χ3v) is 2.34. The van der Waals surface area contributed by atoms with Gasteiger partial charge in [0.25, 0.3) is 10.2 Å². The minimum atomic E-state index is -3.93. The quantitative estimate of drug-likeness (QED) is 0.703. The maximum Gasteiger partial charge on any atom is 0.296 e. The van der Waals surface area contributed by atoms with Gasteiger partial charge < -0.3 is 5.73 Å². The number of primary amides is 1. The number of anilines is 1. The zero-order valence-corrected chi connectivity index (χ0v) is 8.97. The molecular weight excluding hydrogens is 242 g/mol. The highest BCUT2D eigenvalue weighted by Gasteiger charge is 2.09. The molecule has 0 unspecified atom stereocenters. The number of hydrogen-bond donors (Lipinski definition) is 3. The number of halogens is 1. The van der Waals surface area contributed by atoms with Gasteiger partial charge in [-0.2, -0.15) is 8.42 Å². The highest BCUT2D eigenvalue weighted by atomic mass is 35.5. The lowest BCUT2D eigenvalue weighted by molar-refractivity contribution is 0.100. The topological polar surface area (TPSA) is 115 Å². The van der Waals surface area contributed by atoms with Crippen LogP contribution < -0.4 is 15.6 Å². The number of benzene rings is 1. The van der Waals surface area contributed by atoms with Crippen LogP contribution in [-0.4, -0.2) is 14.3 Å². The number of amides is 1. The van der Waals surface area contributed by atoms with Crippen LogP contribution in [0.3, 0.4) is 0 Å². The van der Waals surface area contributed by atoms with Crippen molar-refractivity contribution in [3.63, 3.8) is 0 Å². The Labute approximate surface area is 91.4 Å². The minimum Gasteiger partial charge on any atom is -0.366 e. The average Bonchev–Trinajstić information content (AvgIpc) is 2.06. The summed E-state index contributed by atoms with van der Waals surface area (Å²) in [5, 5.41) is 4.87. The van der Waals surface area contributed by atoms with Crippen molar-refractivity contribution >= 4 is 33.4 Å². The fourth-order valence-corrected chi connectivity index (χ4v) is 1.61. The Morgan fingerprint density at radius 2 is 2.00 bits per heavy atom. The van der Waals surface area contributed by atoms with Crippen molar-refractivity contribution < 1.29 is 13.2 Å². The molecule has 1 amide bonds. The summed E-state index contributed by atoms with van der Waals surface area (Å²) < 4.78 is 23.4. The summed E-state index contributed by atoms with van der Waals surface area (Å²) in [7, 11) is -3.93. The van der Waals surface area contributed by atoms with Gasteiger partial charge in [0.05, 0.1) is 10.7 Å². The van der Waals surface area contributed by atoms with Gasteiger partial charge >= 0.3 is 0 Å². The van der Waals surface area contributed by atoms with E-state index in [2.05, 4.69) is 0 Å². The van der Waals surface area contributed by atoms with Crippen LogP contribution in [0, 0.1) is 0 Å². The summed E-state index contributed by atoms with van der Waals surface area (Å²) in [5.41, 5.74) is 5.15. The van der Waals surface area contributed by atoms with E-state index in [0.29, 0.717) is 0 Å². The number of hydrogen-bond acceptors (Lipinski definition) is 3. The van der Waals surface area contributed by atoms with Crippen molar-refractivity contribution in [1.82, 2.24) is 0 Å². The number of nitrogens with two attached hydrogens (primary N) is 2. The van der Waals surface area contributed by atoms with Crippen molar-refractivity contribution in [3.05, 3.63) is 28.8 Å². The van der Waals surface area contributed by atoms with Crippen LogP contribution in [0.5, 0.6) is 0 Å². The van der Waals surface area contributed by atoms with E-state index in [1.54, 1.807) is 0 Å². The maximum atomic E-state index is 10.8. The lowest BCUT2D eigenvalue weighted by atomic mass is 10.2. The zero-order valence-electron chi connectivity index (χ0n) is 7.40. The Morgan fingerprint density at radius 3 is 2.47 bits per heavy atom. The van der Waals surface area contributed by atoms with Gasteiger partial charge in [0.2, 0.25) is 5.91 Å². The molecule has 0 aliphatic heterocycles. The second-order valence-corrected chi connectivity index (χ2v) is 4.41. The lowest BCUT2D eigenvalue weighted by Crippen LogP contribution is -2.22. The number of nitrogens with one attached hydrogen (secondary N) is 1. The molecule has 0 saturated heterocycles. The molecule has 0 aromatic heterocycles. The van der Waals surface area contributed by atoms with E-state index < -0.39 is 16.1 Å². The summed E-state index contributed by atoms with van der Waals surface area (Å²) in [6, 6.07) is 3.92. The third kappa shape index (κ3) is 3.39. The largest absolute Gasteiger partial charge is 0.366 e. The van der Waals surface area contributed by atoms with Crippen molar-refractivity contribution in [2.75, 3.05) is 4.72 Å². The standard InChI is InChI=1S/C7H8ClN3O3S/c8-5-2-1-4(7(9)12)3-6(5)11-15(10,13)14/h1-3,11H,(H2,9,12)(H2,10,13,14). The molecule has 5 N–H and O–H groups in total. The maximum absolute atomic E-state index is 10.8. The molecule has 1 aromatic carbocycles. The van der Waals surface area contributed by atoms with Crippen molar-refractivity contribution in [2.24, 2.45) is 10.9 Å².